The number of nitrogens with one attached hydrogen (secondary N) is 2. The molecule has 0 radical (unpaired) electrons. The van der Waals surface area contributed by atoms with Crippen molar-refractivity contribution in [2.24, 2.45) is 0 Å². The summed E-state index contributed by atoms with van der Waals surface area (Å²) in [4.78, 5) is 27.3. The van der Waals surface area contributed by atoms with Crippen LogP contribution in [0.15, 0.2) is 23.4 Å². The van der Waals surface area contributed by atoms with E-state index in [2.05, 4.69) is 20.5 Å². The van der Waals surface area contributed by atoms with Crippen molar-refractivity contribution >= 4 is 35.1 Å². The highest BCUT2D eigenvalue weighted by Gasteiger charge is 2.18. The predicted molar refractivity (Wildman–Crippen MR) is 76.4 cm³/mol. The first kappa shape index (κ1) is 13.4. The number of carbonyl (C=O) groups excluding carboxylic acids is 2. The van der Waals surface area contributed by atoms with Gasteiger partial charge in [0, 0.05) is 5.56 Å². The molecule has 1 aromatic carbocycles. The monoisotopic (exact) mass is 305 g/mol. The second-order valence-electron chi connectivity index (χ2n) is 4.26. The lowest BCUT2D eigenvalue weighted by Crippen LogP contribution is -2.25. The summed E-state index contributed by atoms with van der Waals surface area (Å²) in [7, 11) is 0. The number of carbonyl (C=O) groups is 2. The molecule has 9 heteroatoms. The molecule has 0 bridgehead atoms. The van der Waals surface area contributed by atoms with Crippen molar-refractivity contribution < 1.29 is 14.3 Å². The van der Waals surface area contributed by atoms with Gasteiger partial charge in [0.05, 0.1) is 11.4 Å². The Labute approximate surface area is 123 Å². The average molecular weight is 305 g/mol. The number of anilines is 2. The van der Waals surface area contributed by atoms with Gasteiger partial charge in [-0.2, -0.15) is 4.98 Å². The number of H-pyrrole nitrogens is 1. The van der Waals surface area contributed by atoms with Gasteiger partial charge in [-0.1, -0.05) is 11.8 Å². The molecular weight excluding hydrogens is 294 g/mol. The first-order valence-corrected chi connectivity index (χ1v) is 7.01. The maximum absolute atomic E-state index is 12.1. The number of fused-ring (bicyclic) bond motifs is 1. The third-order valence-corrected chi connectivity index (χ3v) is 3.60. The zero-order valence-corrected chi connectivity index (χ0v) is 11.6. The number of thioether (sulfide) groups is 1. The first-order chi connectivity index (χ1) is 10.1. The van der Waals surface area contributed by atoms with Gasteiger partial charge in [0.2, 0.25) is 11.1 Å². The van der Waals surface area contributed by atoms with Crippen molar-refractivity contribution in [3.8, 4) is 5.75 Å². The molecule has 8 nitrogen and oxygen atoms in total. The van der Waals surface area contributed by atoms with E-state index in [0.717, 1.165) is 0 Å². The number of aromatic amines is 1. The number of nitrogens with two attached hydrogens (primary N) is 1. The summed E-state index contributed by atoms with van der Waals surface area (Å²) in [5.41, 5.74) is 6.39. The number of Topliss-reactive ketones (excluding diaryl/α,β-unsaturated/α-hetero) is 1. The second kappa shape index (κ2) is 5.44. The van der Waals surface area contributed by atoms with Crippen LogP contribution in [0.3, 0.4) is 0 Å². The van der Waals surface area contributed by atoms with Gasteiger partial charge in [0.1, 0.15) is 5.75 Å². The van der Waals surface area contributed by atoms with E-state index in [0.29, 0.717) is 22.2 Å². The Bertz CT molecular complexity index is 715. The molecule has 0 aliphatic carbocycles. The van der Waals surface area contributed by atoms with Crippen LogP contribution in [0.1, 0.15) is 10.4 Å². The summed E-state index contributed by atoms with van der Waals surface area (Å²) in [6.45, 7) is -0.0115. The molecule has 4 N–H and O–H groups in total. The largest absolute Gasteiger partial charge is 0.482 e. The fourth-order valence-electron chi connectivity index (χ4n) is 1.79. The molecule has 1 aromatic heterocycles. The molecule has 0 unspecified atom stereocenters. The lowest BCUT2D eigenvalue weighted by molar-refractivity contribution is -0.118. The minimum Gasteiger partial charge on any atom is -0.482 e. The fourth-order valence-corrected chi connectivity index (χ4v) is 2.49. The molecule has 2 heterocycles. The van der Waals surface area contributed by atoms with Crippen LogP contribution in [0.4, 0.5) is 11.6 Å². The quantitative estimate of drug-likeness (QED) is 0.561. The number of ether oxygens (including phenoxy) is 1. The number of hydrogen-bond donors (Lipinski definition) is 3. The van der Waals surface area contributed by atoms with E-state index in [-0.39, 0.29) is 30.0 Å². The Morgan fingerprint density at radius 1 is 1.48 bits per heavy atom. The summed E-state index contributed by atoms with van der Waals surface area (Å²) in [5, 5.41) is 9.41. The zero-order chi connectivity index (χ0) is 14.8. The lowest BCUT2D eigenvalue weighted by Gasteiger charge is -2.18. The molecular formula is C12H11N5O3S. The van der Waals surface area contributed by atoms with E-state index in [1.165, 1.54) is 11.8 Å². The van der Waals surface area contributed by atoms with Crippen molar-refractivity contribution in [1.29, 1.82) is 0 Å². The topological polar surface area (TPSA) is 123 Å². The molecule has 3 rings (SSSR count). The van der Waals surface area contributed by atoms with E-state index in [4.69, 9.17) is 10.5 Å². The Morgan fingerprint density at radius 2 is 2.33 bits per heavy atom. The van der Waals surface area contributed by atoms with Crippen LogP contribution >= 0.6 is 11.8 Å². The predicted octanol–water partition coefficient (Wildman–Crippen LogP) is 0.693. The number of aromatic nitrogens is 3. The highest BCUT2D eigenvalue weighted by molar-refractivity contribution is 7.99. The summed E-state index contributed by atoms with van der Waals surface area (Å²) < 4.78 is 5.24. The number of rotatable bonds is 4. The molecule has 1 amide bonds. The molecule has 108 valence electrons. The molecule has 0 saturated heterocycles. The normalized spacial score (nSPS) is 13.2. The smallest absolute Gasteiger partial charge is 0.262 e. The van der Waals surface area contributed by atoms with Crippen LogP contribution in [0.5, 0.6) is 5.75 Å². The number of ketones is 1. The van der Waals surface area contributed by atoms with E-state index in [1.807, 2.05) is 0 Å². The second-order valence-corrected chi connectivity index (χ2v) is 5.21. The third kappa shape index (κ3) is 2.97. The number of nitrogens with zero attached hydrogens (tertiary/aromatic N) is 2. The van der Waals surface area contributed by atoms with Crippen LogP contribution in [0.25, 0.3) is 0 Å². The SMILES string of the molecule is Nc1nc(SCC(=O)c2ccc3c(c2)NC(=O)CO3)n[nH]1. The Balaban J connectivity index is 1.70. The molecule has 0 atom stereocenters. The van der Waals surface area contributed by atoms with Crippen molar-refractivity contribution in [2.75, 3.05) is 23.4 Å². The Hall–Kier alpha value is -2.55. The molecule has 0 fully saturated rings. The van der Waals surface area contributed by atoms with E-state index in [1.54, 1.807) is 18.2 Å². The fraction of sp³-hybridized carbons (Fsp3) is 0.167. The van der Waals surface area contributed by atoms with Crippen molar-refractivity contribution in [2.45, 2.75) is 5.16 Å². The summed E-state index contributed by atoms with van der Waals surface area (Å²) in [6, 6.07) is 4.92. The van der Waals surface area contributed by atoms with Gasteiger partial charge in [-0.25, -0.2) is 5.10 Å². The van der Waals surface area contributed by atoms with Gasteiger partial charge in [0.25, 0.3) is 5.91 Å². The summed E-state index contributed by atoms with van der Waals surface area (Å²) >= 11 is 1.18. The molecule has 0 saturated carbocycles. The first-order valence-electron chi connectivity index (χ1n) is 6.02. The number of hydrogen-bond acceptors (Lipinski definition) is 7. The third-order valence-electron chi connectivity index (χ3n) is 2.75. The number of nitrogen functional groups attached to an aromatic ring is 1. The van der Waals surface area contributed by atoms with E-state index >= 15 is 0 Å². The van der Waals surface area contributed by atoms with Crippen molar-refractivity contribution in [3.05, 3.63) is 23.8 Å². The maximum Gasteiger partial charge on any atom is 0.262 e. The average Bonchev–Trinajstić information content (AvgIpc) is 2.89. The zero-order valence-electron chi connectivity index (χ0n) is 10.8. The lowest BCUT2D eigenvalue weighted by atomic mass is 10.1. The van der Waals surface area contributed by atoms with Gasteiger partial charge >= 0.3 is 0 Å². The number of amides is 1. The van der Waals surface area contributed by atoms with Gasteiger partial charge in [-0.15, -0.1) is 5.10 Å². The summed E-state index contributed by atoms with van der Waals surface area (Å²) in [6.07, 6.45) is 0. The van der Waals surface area contributed by atoms with Gasteiger partial charge in [-0.05, 0) is 18.2 Å². The standard InChI is InChI=1S/C12H11N5O3S/c13-11-15-12(17-16-11)21-5-8(18)6-1-2-9-7(3-6)14-10(19)4-20-9/h1-3H,4-5H2,(H,14,19)(H3,13,15,16,17). The van der Waals surface area contributed by atoms with Gasteiger partial charge in [0.15, 0.2) is 12.4 Å². The van der Waals surface area contributed by atoms with Crippen LogP contribution < -0.4 is 15.8 Å². The Kier molecular flexibility index (Phi) is 3.48. The van der Waals surface area contributed by atoms with E-state index in [9.17, 15) is 9.59 Å². The minimum absolute atomic E-state index is 0.0115. The molecule has 1 aliphatic rings. The molecule has 1 aliphatic heterocycles. The van der Waals surface area contributed by atoms with Crippen LogP contribution in [-0.4, -0.2) is 39.2 Å². The van der Waals surface area contributed by atoms with Gasteiger partial charge < -0.3 is 15.8 Å². The molecule has 21 heavy (non-hydrogen) atoms. The Morgan fingerprint density at radius 3 is 3.10 bits per heavy atom. The van der Waals surface area contributed by atoms with Crippen molar-refractivity contribution in [3.63, 3.8) is 0 Å². The molecule has 2 aromatic rings. The highest BCUT2D eigenvalue weighted by atomic mass is 32.2. The van der Waals surface area contributed by atoms with Crippen LogP contribution in [-0.2, 0) is 4.79 Å². The van der Waals surface area contributed by atoms with Crippen LogP contribution in [0, 0.1) is 0 Å². The van der Waals surface area contributed by atoms with Gasteiger partial charge in [-0.3, -0.25) is 9.59 Å². The minimum atomic E-state index is -0.238. The number of benzene rings is 1. The van der Waals surface area contributed by atoms with E-state index < -0.39 is 0 Å². The van der Waals surface area contributed by atoms with Crippen LogP contribution in [0.2, 0.25) is 0 Å². The summed E-state index contributed by atoms with van der Waals surface area (Å²) in [5.74, 6) is 0.591. The maximum atomic E-state index is 12.1. The molecule has 0 spiro atoms. The highest BCUT2D eigenvalue weighted by Crippen LogP contribution is 2.29. The van der Waals surface area contributed by atoms with Crippen molar-refractivity contribution in [1.82, 2.24) is 15.2 Å².